The van der Waals surface area contributed by atoms with Crippen molar-refractivity contribution in [2.45, 2.75) is 126 Å². The highest BCUT2D eigenvalue weighted by Crippen LogP contribution is 2.72. The van der Waals surface area contributed by atoms with Gasteiger partial charge in [0.05, 0.1) is 30.0 Å². The minimum absolute atomic E-state index is 0.00739. The SMILES string of the molecule is C[C@@H]1C[C@H]2[C@@H]3C[C@H](F)C4=CC(=O)C=C[C@]4(C)[C@@]3(F)[C@@H](O)C[C@]2(C)[C@@]1(OC(=O)c1ccco1)C(=O)SCF.NS(=O)(=O)c1cccc(CCCCOCCCCCCNC[C@H](O)c2ccc(O)c(CO)c2)c1. The van der Waals surface area contributed by atoms with Gasteiger partial charge in [-0.25, -0.2) is 31.5 Å². The summed E-state index contributed by atoms with van der Waals surface area (Å²) < 4.78 is 86.0. The Hall–Kier alpha value is -4.34. The highest BCUT2D eigenvalue weighted by atomic mass is 32.2. The van der Waals surface area contributed by atoms with Crippen molar-refractivity contribution in [2.75, 3.05) is 32.3 Å². The van der Waals surface area contributed by atoms with Crippen LogP contribution in [-0.2, 0) is 42.1 Å². The maximum absolute atomic E-state index is 17.4. The van der Waals surface area contributed by atoms with E-state index in [1.54, 1.807) is 38.1 Å². The number of nitrogens with two attached hydrogens (primary N) is 1. The van der Waals surface area contributed by atoms with Crippen LogP contribution >= 0.6 is 11.8 Å². The molecule has 3 fully saturated rings. The fraction of sp³-hybridized carbons (Fsp3) is 0.558. The summed E-state index contributed by atoms with van der Waals surface area (Å²) in [5.74, 6) is -3.94. The van der Waals surface area contributed by atoms with Crippen LogP contribution in [-0.4, -0.2) is 102 Å². The summed E-state index contributed by atoms with van der Waals surface area (Å²) in [6, 6.07) is 13.3. The van der Waals surface area contributed by atoms with Crippen LogP contribution in [0.3, 0.4) is 0 Å². The van der Waals surface area contributed by atoms with Crippen LogP contribution in [0.15, 0.2) is 94.0 Å². The Bertz CT molecular complexity index is 2510. The molecular formula is C52H67F3N2O12S2. The molecule has 0 radical (unpaired) electrons. The molecule has 0 bridgehead atoms. The molecule has 1 heterocycles. The molecule has 4 aliphatic rings. The molecule has 0 spiro atoms. The monoisotopic (exact) mass is 1030 g/mol. The second-order valence-electron chi connectivity index (χ2n) is 19.6. The maximum atomic E-state index is 17.4. The number of nitrogens with one attached hydrogen (secondary N) is 1. The standard InChI is InChI=1S/C27H29F3O6S.C25H38N2O6S/c1-14-9-16-17-11-19(29)18-10-15(31)6-7-24(18,2)26(17,30)21(32)12-25(16,3)27(14,23(34)37-13-28)36-22(33)20-5-4-8-35-20;26-34(31,32)23-10-7-9-20(16-23)8-3-6-15-33-14-5-2-1-4-13-27-18-25(30)21-11-12-24(29)22(17-21)19-28/h4-8,10,14,16-17,19,21,32H,9,11-13H2,1-3H3;7,9-12,16-17,25,27-30H,1-6,8,13-15,18-19H2,(H2,26,31,32)/t14-,16+,17+,19+,21+,24+,25+,26+,27+;25-/m10/s1. The Morgan fingerprint density at radius 1 is 1.01 bits per heavy atom. The molecule has 19 heteroatoms. The summed E-state index contributed by atoms with van der Waals surface area (Å²) in [4.78, 5) is 38.8. The van der Waals surface area contributed by atoms with E-state index in [2.05, 4.69) is 5.32 Å². The van der Waals surface area contributed by atoms with E-state index in [0.29, 0.717) is 36.0 Å². The molecular weight excluding hydrogens is 966 g/mol. The number of furan rings is 1. The zero-order chi connectivity index (χ0) is 51.8. The average Bonchev–Trinajstić information content (AvgIpc) is 3.95. The number of halogens is 3. The van der Waals surface area contributed by atoms with Crippen LogP contribution in [0.4, 0.5) is 13.2 Å². The Labute approximate surface area is 417 Å². The molecule has 0 unspecified atom stereocenters. The predicted molar refractivity (Wildman–Crippen MR) is 261 cm³/mol. The number of fused-ring (bicyclic) bond motifs is 5. The number of rotatable bonds is 21. The van der Waals surface area contributed by atoms with Gasteiger partial charge in [0.1, 0.15) is 17.9 Å². The molecule has 14 nitrogen and oxygen atoms in total. The zero-order valence-corrected chi connectivity index (χ0v) is 42.0. The molecule has 10 atom stereocenters. The Balaban J connectivity index is 0.000000234. The van der Waals surface area contributed by atoms with Crippen LogP contribution < -0.4 is 10.5 Å². The number of phenols is 1. The van der Waals surface area contributed by atoms with E-state index < -0.39 is 91.1 Å². The van der Waals surface area contributed by atoms with Crippen molar-refractivity contribution in [2.24, 2.45) is 33.7 Å². The number of hydrogen-bond acceptors (Lipinski definition) is 14. The largest absolute Gasteiger partial charge is 0.508 e. The van der Waals surface area contributed by atoms with Gasteiger partial charge in [-0.05, 0) is 148 Å². The number of aromatic hydroxyl groups is 1. The summed E-state index contributed by atoms with van der Waals surface area (Å²) >= 11 is 0.352. The number of aliphatic hydroxyl groups excluding tert-OH is 3. The van der Waals surface area contributed by atoms with E-state index in [4.69, 9.17) is 19.0 Å². The maximum Gasteiger partial charge on any atom is 0.375 e. The van der Waals surface area contributed by atoms with Crippen molar-refractivity contribution >= 4 is 38.7 Å². The lowest BCUT2D eigenvalue weighted by Crippen LogP contribution is -2.70. The fourth-order valence-corrected chi connectivity index (χ4v) is 13.0. The van der Waals surface area contributed by atoms with E-state index in [0.717, 1.165) is 69.7 Å². The Morgan fingerprint density at radius 3 is 2.44 bits per heavy atom. The minimum atomic E-state index is -3.66. The van der Waals surface area contributed by atoms with E-state index in [-0.39, 0.29) is 47.8 Å². The number of hydrogen-bond donors (Lipinski definition) is 6. The van der Waals surface area contributed by atoms with Gasteiger partial charge in [-0.15, -0.1) is 0 Å². The number of carbonyl (C=O) groups excluding carboxylic acids is 3. The van der Waals surface area contributed by atoms with E-state index >= 15 is 8.78 Å². The normalized spacial score (nSPS) is 29.2. The highest BCUT2D eigenvalue weighted by Gasteiger charge is 2.78. The number of alkyl halides is 3. The fourth-order valence-electron chi connectivity index (χ4n) is 11.6. The third-order valence-corrected chi connectivity index (χ3v) is 16.8. The van der Waals surface area contributed by atoms with Gasteiger partial charge in [-0.2, -0.15) is 0 Å². The van der Waals surface area contributed by atoms with Gasteiger partial charge in [-0.1, -0.05) is 51.0 Å². The van der Waals surface area contributed by atoms with Crippen molar-refractivity contribution < 1.29 is 70.3 Å². The first-order chi connectivity index (χ1) is 33.7. The lowest BCUT2D eigenvalue weighted by molar-refractivity contribution is -0.221. The first-order valence-electron chi connectivity index (χ1n) is 24.1. The van der Waals surface area contributed by atoms with Crippen molar-refractivity contribution in [3.63, 3.8) is 0 Å². The number of unbranched alkanes of at least 4 members (excludes halogenated alkanes) is 4. The molecule has 390 valence electrons. The minimum Gasteiger partial charge on any atom is -0.508 e. The molecule has 3 saturated carbocycles. The molecule has 0 saturated heterocycles. The molecule has 2 aromatic carbocycles. The number of aliphatic hydroxyl groups is 3. The summed E-state index contributed by atoms with van der Waals surface area (Å²) in [5, 5.41) is 48.2. The van der Waals surface area contributed by atoms with Gasteiger partial charge in [-0.3, -0.25) is 9.59 Å². The highest BCUT2D eigenvalue weighted by molar-refractivity contribution is 8.13. The number of esters is 1. The molecule has 0 amide bonds. The van der Waals surface area contributed by atoms with Gasteiger partial charge >= 0.3 is 5.97 Å². The number of sulfonamides is 1. The van der Waals surface area contributed by atoms with Gasteiger partial charge in [0.25, 0.3) is 0 Å². The van der Waals surface area contributed by atoms with E-state index in [1.165, 1.54) is 49.6 Å². The van der Waals surface area contributed by atoms with Gasteiger partial charge in [0, 0.05) is 48.0 Å². The molecule has 1 aromatic heterocycles. The summed E-state index contributed by atoms with van der Waals surface area (Å²) in [6.45, 7) is 7.20. The van der Waals surface area contributed by atoms with Crippen molar-refractivity contribution in [3.05, 3.63) is 107 Å². The summed E-state index contributed by atoms with van der Waals surface area (Å²) in [5.41, 5.74) is -5.14. The molecule has 7 N–H and O–H groups in total. The van der Waals surface area contributed by atoms with Crippen LogP contribution in [0, 0.1) is 28.6 Å². The first-order valence-corrected chi connectivity index (χ1v) is 26.7. The number of benzene rings is 2. The molecule has 4 aliphatic carbocycles. The number of primary sulfonamides is 1. The molecule has 71 heavy (non-hydrogen) atoms. The van der Waals surface area contributed by atoms with Crippen molar-refractivity contribution in [1.29, 1.82) is 0 Å². The lowest BCUT2D eigenvalue weighted by Gasteiger charge is -2.63. The number of ether oxygens (including phenoxy) is 2. The van der Waals surface area contributed by atoms with Crippen LogP contribution in [0.2, 0.25) is 0 Å². The van der Waals surface area contributed by atoms with E-state index in [9.17, 15) is 47.6 Å². The van der Waals surface area contributed by atoms with Gasteiger partial charge in [0.15, 0.2) is 17.1 Å². The summed E-state index contributed by atoms with van der Waals surface area (Å²) in [7, 11) is -3.66. The Morgan fingerprint density at radius 2 is 1.75 bits per heavy atom. The third-order valence-electron chi connectivity index (χ3n) is 15.3. The zero-order valence-electron chi connectivity index (χ0n) is 40.4. The van der Waals surface area contributed by atoms with Crippen LogP contribution in [0.5, 0.6) is 5.75 Å². The topological polar surface area (TPSA) is 236 Å². The van der Waals surface area contributed by atoms with Crippen LogP contribution in [0.1, 0.15) is 112 Å². The first kappa shape index (κ1) is 56.0. The number of thioether (sulfide) groups is 1. The quantitative estimate of drug-likeness (QED) is 0.0444. The molecule has 3 aromatic rings. The average molecular weight is 1030 g/mol. The third kappa shape index (κ3) is 11.7. The Kier molecular flexibility index (Phi) is 18.7. The number of allylic oxidation sites excluding steroid dienone is 4. The molecule has 0 aliphatic heterocycles. The van der Waals surface area contributed by atoms with Gasteiger partial charge < -0.3 is 39.6 Å². The number of ketones is 1. The van der Waals surface area contributed by atoms with Crippen molar-refractivity contribution in [3.8, 4) is 5.75 Å². The summed E-state index contributed by atoms with van der Waals surface area (Å²) in [6.07, 6.45) is 7.31. The van der Waals surface area contributed by atoms with E-state index in [1.807, 2.05) is 6.07 Å². The van der Waals surface area contributed by atoms with Gasteiger partial charge in [0.2, 0.25) is 20.9 Å². The molecule has 7 rings (SSSR count). The number of aryl methyl sites for hydroxylation is 1. The number of carbonyl (C=O) groups is 3. The second-order valence-corrected chi connectivity index (χ2v) is 22.0. The predicted octanol–water partition coefficient (Wildman–Crippen LogP) is 7.68. The van der Waals surface area contributed by atoms with Crippen LogP contribution in [0.25, 0.3) is 0 Å². The lowest BCUT2D eigenvalue weighted by atomic mass is 9.44. The second kappa shape index (κ2) is 23.7. The van der Waals surface area contributed by atoms with Crippen molar-refractivity contribution in [1.82, 2.24) is 5.32 Å². The smallest absolute Gasteiger partial charge is 0.375 e.